The van der Waals surface area contributed by atoms with E-state index in [2.05, 4.69) is 72.1 Å². The Labute approximate surface area is 128 Å². The molecule has 0 atom stereocenters. The highest BCUT2D eigenvalue weighted by molar-refractivity contribution is 14.1. The fourth-order valence-corrected chi connectivity index (χ4v) is 2.43. The third kappa shape index (κ3) is 4.99. The summed E-state index contributed by atoms with van der Waals surface area (Å²) in [5.74, 6) is 0.997. The van der Waals surface area contributed by atoms with Crippen LogP contribution in [0.15, 0.2) is 46.9 Å². The van der Waals surface area contributed by atoms with Crippen LogP contribution in [0.25, 0.3) is 0 Å². The lowest BCUT2D eigenvalue weighted by Gasteiger charge is -2.26. The molecule has 1 N–H and O–H groups in total. The Morgan fingerprint density at radius 1 is 1.11 bits per heavy atom. The van der Waals surface area contributed by atoms with Gasteiger partial charge < -0.3 is 9.73 Å². The van der Waals surface area contributed by atoms with Gasteiger partial charge in [-0.1, -0.05) is 30.3 Å². The molecule has 0 saturated heterocycles. The van der Waals surface area contributed by atoms with Crippen molar-refractivity contribution in [3.8, 4) is 0 Å². The van der Waals surface area contributed by atoms with Gasteiger partial charge in [0.05, 0.1) is 6.54 Å². The number of halogens is 1. The molecule has 0 amide bonds. The molecule has 19 heavy (non-hydrogen) atoms. The fourth-order valence-electron chi connectivity index (χ4n) is 1.96. The molecule has 0 bridgehead atoms. The lowest BCUT2D eigenvalue weighted by atomic mass is 9.95. The van der Waals surface area contributed by atoms with Crippen LogP contribution in [0, 0.1) is 3.77 Å². The summed E-state index contributed by atoms with van der Waals surface area (Å²) in [5.41, 5.74) is 1.50. The summed E-state index contributed by atoms with van der Waals surface area (Å²) in [6.07, 6.45) is 2.20. The summed E-state index contributed by atoms with van der Waals surface area (Å²) in [4.78, 5) is 0. The molecule has 0 fully saturated rings. The highest BCUT2D eigenvalue weighted by atomic mass is 127. The van der Waals surface area contributed by atoms with Gasteiger partial charge in [-0.25, -0.2) is 0 Å². The second kappa shape index (κ2) is 6.57. The Bertz CT molecular complexity index is 504. The predicted molar refractivity (Wildman–Crippen MR) is 87.1 cm³/mol. The Morgan fingerprint density at radius 3 is 2.47 bits per heavy atom. The van der Waals surface area contributed by atoms with Crippen LogP contribution in [0.4, 0.5) is 0 Å². The number of nitrogens with one attached hydrogen (secondary N) is 1. The molecule has 2 rings (SSSR count). The largest absolute Gasteiger partial charge is 0.454 e. The molecule has 0 unspecified atom stereocenters. The third-order valence-corrected chi connectivity index (χ3v) is 3.83. The molecule has 0 saturated carbocycles. The molecule has 0 aliphatic heterocycles. The first-order chi connectivity index (χ1) is 9.05. The Morgan fingerprint density at radius 2 is 1.84 bits per heavy atom. The van der Waals surface area contributed by atoms with Gasteiger partial charge in [-0.2, -0.15) is 0 Å². The normalized spacial score (nSPS) is 11.7. The van der Waals surface area contributed by atoms with Gasteiger partial charge in [-0.3, -0.25) is 0 Å². The number of furan rings is 1. The Balaban J connectivity index is 1.81. The van der Waals surface area contributed by atoms with Crippen molar-refractivity contribution in [2.24, 2.45) is 0 Å². The molecule has 0 aliphatic rings. The van der Waals surface area contributed by atoms with Gasteiger partial charge in [-0.15, -0.1) is 0 Å². The number of hydrogen-bond acceptors (Lipinski definition) is 2. The minimum absolute atomic E-state index is 0.105. The van der Waals surface area contributed by atoms with Crippen molar-refractivity contribution in [3.63, 3.8) is 0 Å². The molecule has 2 aromatic rings. The summed E-state index contributed by atoms with van der Waals surface area (Å²) in [7, 11) is 0. The number of rotatable bonds is 6. The molecule has 1 heterocycles. The average Bonchev–Trinajstić information content (AvgIpc) is 2.82. The van der Waals surface area contributed by atoms with Crippen LogP contribution in [0.5, 0.6) is 0 Å². The first-order valence-electron chi connectivity index (χ1n) is 6.58. The molecule has 1 aromatic heterocycles. The molecule has 0 aliphatic carbocycles. The standard InChI is InChI=1S/C16H20INO/c1-16(2,11-10-13-6-4-3-5-7-13)18-12-14-8-9-15(17)19-14/h3-9,18H,10-12H2,1-2H3. The zero-order valence-electron chi connectivity index (χ0n) is 11.4. The van der Waals surface area contributed by atoms with Crippen molar-refractivity contribution in [1.82, 2.24) is 5.32 Å². The van der Waals surface area contributed by atoms with Gasteiger partial charge in [0, 0.05) is 5.54 Å². The van der Waals surface area contributed by atoms with Crippen molar-refractivity contribution >= 4 is 22.6 Å². The number of aryl methyl sites for hydroxylation is 1. The third-order valence-electron chi connectivity index (χ3n) is 3.25. The SMILES string of the molecule is CC(C)(CCc1ccccc1)NCc1ccc(I)o1. The maximum absolute atomic E-state index is 5.57. The molecule has 1 aromatic carbocycles. The van der Waals surface area contributed by atoms with Crippen LogP contribution >= 0.6 is 22.6 Å². The van der Waals surface area contributed by atoms with Gasteiger partial charge in [0.25, 0.3) is 0 Å². The molecule has 0 spiro atoms. The van der Waals surface area contributed by atoms with Gasteiger partial charge in [-0.05, 0) is 67.0 Å². The smallest absolute Gasteiger partial charge is 0.164 e. The van der Waals surface area contributed by atoms with E-state index in [1.807, 2.05) is 12.1 Å². The lowest BCUT2D eigenvalue weighted by molar-refractivity contribution is 0.338. The minimum Gasteiger partial charge on any atom is -0.454 e. The predicted octanol–water partition coefficient (Wildman–Crippen LogP) is 4.39. The van der Waals surface area contributed by atoms with Crippen LogP contribution in [0.1, 0.15) is 31.6 Å². The summed E-state index contributed by atoms with van der Waals surface area (Å²) < 4.78 is 6.51. The van der Waals surface area contributed by atoms with Gasteiger partial charge >= 0.3 is 0 Å². The zero-order chi connectivity index (χ0) is 13.7. The lowest BCUT2D eigenvalue weighted by Crippen LogP contribution is -2.39. The van der Waals surface area contributed by atoms with Crippen LogP contribution in [0.3, 0.4) is 0 Å². The first kappa shape index (κ1) is 14.6. The van der Waals surface area contributed by atoms with Crippen molar-refractivity contribution in [2.75, 3.05) is 0 Å². The molecular formula is C16H20INO. The maximum atomic E-state index is 5.57. The summed E-state index contributed by atoms with van der Waals surface area (Å²) in [5, 5.41) is 3.56. The van der Waals surface area contributed by atoms with Crippen molar-refractivity contribution in [3.05, 3.63) is 57.6 Å². The van der Waals surface area contributed by atoms with Crippen molar-refractivity contribution in [1.29, 1.82) is 0 Å². The number of hydrogen-bond donors (Lipinski definition) is 1. The van der Waals surface area contributed by atoms with E-state index in [1.165, 1.54) is 5.56 Å². The molecular weight excluding hydrogens is 349 g/mol. The van der Waals surface area contributed by atoms with E-state index in [4.69, 9.17) is 4.42 Å². The monoisotopic (exact) mass is 369 g/mol. The van der Waals surface area contributed by atoms with Crippen LogP contribution in [-0.4, -0.2) is 5.54 Å². The topological polar surface area (TPSA) is 25.2 Å². The fraction of sp³-hybridized carbons (Fsp3) is 0.375. The second-order valence-electron chi connectivity index (χ2n) is 5.43. The Kier molecular flexibility index (Phi) is 5.05. The van der Waals surface area contributed by atoms with Crippen molar-refractivity contribution < 1.29 is 4.42 Å². The van der Waals surface area contributed by atoms with Crippen molar-refractivity contribution in [2.45, 2.75) is 38.8 Å². The van der Waals surface area contributed by atoms with E-state index in [0.717, 1.165) is 28.9 Å². The second-order valence-corrected chi connectivity index (χ2v) is 6.49. The highest BCUT2D eigenvalue weighted by Crippen LogP contribution is 2.16. The number of benzene rings is 1. The van der Waals surface area contributed by atoms with E-state index in [0.29, 0.717) is 0 Å². The van der Waals surface area contributed by atoms with Crippen LogP contribution in [-0.2, 0) is 13.0 Å². The zero-order valence-corrected chi connectivity index (χ0v) is 13.6. The van der Waals surface area contributed by atoms with Crippen LogP contribution in [0.2, 0.25) is 0 Å². The molecule has 102 valence electrons. The molecule has 0 radical (unpaired) electrons. The summed E-state index contributed by atoms with van der Waals surface area (Å²) >= 11 is 2.19. The van der Waals surface area contributed by atoms with Gasteiger partial charge in [0.2, 0.25) is 0 Å². The quantitative estimate of drug-likeness (QED) is 0.765. The van der Waals surface area contributed by atoms with Crippen LogP contribution < -0.4 is 5.32 Å². The highest BCUT2D eigenvalue weighted by Gasteiger charge is 2.17. The first-order valence-corrected chi connectivity index (χ1v) is 7.66. The van der Waals surface area contributed by atoms with E-state index in [-0.39, 0.29) is 5.54 Å². The van der Waals surface area contributed by atoms with Gasteiger partial charge in [0.1, 0.15) is 5.76 Å². The Hall–Kier alpha value is -0.810. The van der Waals surface area contributed by atoms with E-state index >= 15 is 0 Å². The minimum atomic E-state index is 0.105. The maximum Gasteiger partial charge on any atom is 0.164 e. The van der Waals surface area contributed by atoms with Gasteiger partial charge in [0.15, 0.2) is 3.77 Å². The van der Waals surface area contributed by atoms with E-state index in [9.17, 15) is 0 Å². The van der Waals surface area contributed by atoms with E-state index < -0.39 is 0 Å². The molecule has 2 nitrogen and oxygen atoms in total. The summed E-state index contributed by atoms with van der Waals surface area (Å²) in [6.45, 7) is 5.26. The molecule has 3 heteroatoms. The average molecular weight is 369 g/mol. The summed E-state index contributed by atoms with van der Waals surface area (Å²) in [6, 6.07) is 14.7. The van der Waals surface area contributed by atoms with E-state index in [1.54, 1.807) is 0 Å².